The minimum atomic E-state index is -3.12. The van der Waals surface area contributed by atoms with Crippen LogP contribution in [0.3, 0.4) is 0 Å². The number of hydrogen-bond acceptors (Lipinski definition) is 6. The van der Waals surface area contributed by atoms with Gasteiger partial charge in [-0.25, -0.2) is 8.42 Å². The lowest BCUT2D eigenvalue weighted by Gasteiger charge is -2.33. The molecule has 0 radical (unpaired) electrons. The lowest BCUT2D eigenvalue weighted by Crippen LogP contribution is -2.50. The Bertz CT molecular complexity index is 1300. The van der Waals surface area contributed by atoms with Gasteiger partial charge in [-0.05, 0) is 37.1 Å². The molecule has 0 bridgehead atoms. The highest BCUT2D eigenvalue weighted by Gasteiger charge is 2.33. The number of hydrogen-bond donors (Lipinski definition) is 0. The highest BCUT2D eigenvalue weighted by atomic mass is 32.2. The molecule has 2 aliphatic rings. The number of aromatic nitrogens is 2. The number of furan rings is 1. The van der Waals surface area contributed by atoms with Crippen LogP contribution in [0.5, 0.6) is 0 Å². The first-order valence-electron chi connectivity index (χ1n) is 11.3. The zero-order valence-corrected chi connectivity index (χ0v) is 19.7. The standard InChI is InChI=1S/C24H26N4O5S/c1-17-4-6-18(7-5-17)21-15-20(25-28(21)19-8-14-34(31,32)16-19)23(29)26-9-11-27(12-10-26)24(30)22-3-2-13-33-22/h2-7,13,15,19H,8-12,14,16H2,1H3/t19-/m1/s1. The van der Waals surface area contributed by atoms with Gasteiger partial charge in [0.1, 0.15) is 0 Å². The number of carbonyl (C=O) groups is 2. The number of carbonyl (C=O) groups excluding carboxylic acids is 2. The maximum Gasteiger partial charge on any atom is 0.289 e. The fourth-order valence-corrected chi connectivity index (χ4v) is 6.21. The van der Waals surface area contributed by atoms with Crippen LogP contribution in [0.15, 0.2) is 53.1 Å². The van der Waals surface area contributed by atoms with E-state index in [-0.39, 0.29) is 40.8 Å². The average Bonchev–Trinajstić information content (AvgIpc) is 3.58. The highest BCUT2D eigenvalue weighted by molar-refractivity contribution is 7.91. The Labute approximate surface area is 197 Å². The maximum absolute atomic E-state index is 13.3. The van der Waals surface area contributed by atoms with Crippen molar-refractivity contribution in [3.05, 3.63) is 65.7 Å². The zero-order chi connectivity index (χ0) is 23.9. The van der Waals surface area contributed by atoms with Crippen LogP contribution in [-0.2, 0) is 9.84 Å². The molecule has 2 amide bonds. The minimum Gasteiger partial charge on any atom is -0.459 e. The third-order valence-electron chi connectivity index (χ3n) is 6.44. The van der Waals surface area contributed by atoms with E-state index in [1.165, 1.54) is 6.26 Å². The fourth-order valence-electron chi connectivity index (χ4n) is 4.52. The molecule has 2 fully saturated rings. The number of benzene rings is 1. The summed E-state index contributed by atoms with van der Waals surface area (Å²) in [6, 6.07) is 12.6. The number of piperazine rings is 1. The lowest BCUT2D eigenvalue weighted by molar-refractivity contribution is 0.0514. The van der Waals surface area contributed by atoms with Gasteiger partial charge in [-0.3, -0.25) is 14.3 Å². The molecule has 3 aromatic rings. The molecular weight excluding hydrogens is 456 g/mol. The van der Waals surface area contributed by atoms with E-state index >= 15 is 0 Å². The second kappa shape index (κ2) is 8.75. The second-order valence-corrected chi connectivity index (χ2v) is 11.1. The molecule has 10 heteroatoms. The molecule has 0 unspecified atom stereocenters. The molecule has 0 N–H and O–H groups in total. The molecule has 0 spiro atoms. The monoisotopic (exact) mass is 482 g/mol. The van der Waals surface area contributed by atoms with Crippen LogP contribution < -0.4 is 0 Å². The van der Waals surface area contributed by atoms with E-state index in [4.69, 9.17) is 4.42 Å². The van der Waals surface area contributed by atoms with Gasteiger partial charge in [-0.1, -0.05) is 29.8 Å². The average molecular weight is 483 g/mol. The summed E-state index contributed by atoms with van der Waals surface area (Å²) >= 11 is 0. The van der Waals surface area contributed by atoms with Gasteiger partial charge in [0.25, 0.3) is 11.8 Å². The van der Waals surface area contributed by atoms with E-state index in [9.17, 15) is 18.0 Å². The second-order valence-electron chi connectivity index (χ2n) is 8.84. The van der Waals surface area contributed by atoms with E-state index in [1.807, 2.05) is 31.2 Å². The predicted octanol–water partition coefficient (Wildman–Crippen LogP) is 2.41. The molecule has 178 valence electrons. The van der Waals surface area contributed by atoms with E-state index in [2.05, 4.69) is 5.10 Å². The van der Waals surface area contributed by atoms with Gasteiger partial charge in [0.05, 0.1) is 29.5 Å². The van der Waals surface area contributed by atoms with Crippen molar-refractivity contribution in [3.63, 3.8) is 0 Å². The molecule has 9 nitrogen and oxygen atoms in total. The van der Waals surface area contributed by atoms with Crippen LogP contribution in [0.1, 0.15) is 39.1 Å². The molecular formula is C24H26N4O5S. The molecule has 0 aliphatic carbocycles. The van der Waals surface area contributed by atoms with Crippen molar-refractivity contribution < 1.29 is 22.4 Å². The molecule has 2 aromatic heterocycles. The molecule has 1 atom stereocenters. The summed E-state index contributed by atoms with van der Waals surface area (Å²) in [5.41, 5.74) is 3.01. The Morgan fingerprint density at radius 3 is 2.26 bits per heavy atom. The molecule has 4 heterocycles. The molecule has 1 aromatic carbocycles. The van der Waals surface area contributed by atoms with Gasteiger partial charge in [-0.2, -0.15) is 5.10 Å². The third kappa shape index (κ3) is 4.37. The number of sulfone groups is 1. The Hall–Kier alpha value is -3.40. The molecule has 2 saturated heterocycles. The normalized spacial score (nSPS) is 20.0. The summed E-state index contributed by atoms with van der Waals surface area (Å²) in [7, 11) is -3.12. The SMILES string of the molecule is Cc1ccc(-c2cc(C(=O)N3CCN(C(=O)c4ccco4)CC3)nn2[C@@H]2CCS(=O)(=O)C2)cc1. The van der Waals surface area contributed by atoms with Gasteiger partial charge in [0.15, 0.2) is 21.3 Å². The first kappa shape index (κ1) is 22.4. The summed E-state index contributed by atoms with van der Waals surface area (Å²) in [6.45, 7) is 3.57. The van der Waals surface area contributed by atoms with Crippen molar-refractivity contribution in [3.8, 4) is 11.3 Å². The topological polar surface area (TPSA) is 106 Å². The van der Waals surface area contributed by atoms with Crippen LogP contribution in [0.4, 0.5) is 0 Å². The van der Waals surface area contributed by atoms with Crippen LogP contribution in [0.25, 0.3) is 11.3 Å². The van der Waals surface area contributed by atoms with Gasteiger partial charge in [-0.15, -0.1) is 0 Å². The summed E-state index contributed by atoms with van der Waals surface area (Å²) in [4.78, 5) is 29.2. The molecule has 34 heavy (non-hydrogen) atoms. The van der Waals surface area contributed by atoms with Crippen LogP contribution in [0, 0.1) is 6.92 Å². The van der Waals surface area contributed by atoms with Gasteiger partial charge >= 0.3 is 0 Å². The van der Waals surface area contributed by atoms with Gasteiger partial charge < -0.3 is 14.2 Å². The van der Waals surface area contributed by atoms with Crippen molar-refractivity contribution in [2.75, 3.05) is 37.7 Å². The quantitative estimate of drug-likeness (QED) is 0.565. The fraction of sp³-hybridized carbons (Fsp3) is 0.375. The lowest BCUT2D eigenvalue weighted by atomic mass is 10.1. The molecule has 2 aliphatic heterocycles. The third-order valence-corrected chi connectivity index (χ3v) is 8.19. The van der Waals surface area contributed by atoms with Gasteiger partial charge in [0.2, 0.25) is 0 Å². The Kier molecular flexibility index (Phi) is 5.76. The van der Waals surface area contributed by atoms with Crippen molar-refractivity contribution in [1.29, 1.82) is 0 Å². The Morgan fingerprint density at radius 1 is 1.00 bits per heavy atom. The van der Waals surface area contributed by atoms with Crippen molar-refractivity contribution in [2.24, 2.45) is 0 Å². The smallest absolute Gasteiger partial charge is 0.289 e. The summed E-state index contributed by atoms with van der Waals surface area (Å²) < 4.78 is 31.1. The van der Waals surface area contributed by atoms with Crippen molar-refractivity contribution >= 4 is 21.7 Å². The predicted molar refractivity (Wildman–Crippen MR) is 125 cm³/mol. The highest BCUT2D eigenvalue weighted by Crippen LogP contribution is 2.30. The maximum atomic E-state index is 13.3. The first-order valence-corrected chi connectivity index (χ1v) is 13.1. The Balaban J connectivity index is 1.37. The number of nitrogens with zero attached hydrogens (tertiary/aromatic N) is 4. The number of rotatable bonds is 4. The Morgan fingerprint density at radius 2 is 1.68 bits per heavy atom. The first-order chi connectivity index (χ1) is 16.3. The summed E-state index contributed by atoms with van der Waals surface area (Å²) in [6.07, 6.45) is 1.94. The van der Waals surface area contributed by atoms with Gasteiger partial charge in [0, 0.05) is 26.2 Å². The van der Waals surface area contributed by atoms with E-state index in [0.29, 0.717) is 32.6 Å². The van der Waals surface area contributed by atoms with Crippen LogP contribution in [0.2, 0.25) is 0 Å². The zero-order valence-electron chi connectivity index (χ0n) is 18.9. The largest absolute Gasteiger partial charge is 0.459 e. The van der Waals surface area contributed by atoms with Crippen LogP contribution in [-0.4, -0.2) is 77.5 Å². The van der Waals surface area contributed by atoms with E-state index in [1.54, 1.807) is 32.7 Å². The van der Waals surface area contributed by atoms with E-state index in [0.717, 1.165) is 16.8 Å². The minimum absolute atomic E-state index is 0.0226. The summed E-state index contributed by atoms with van der Waals surface area (Å²) in [5.74, 6) is 0.0189. The van der Waals surface area contributed by atoms with E-state index < -0.39 is 9.84 Å². The summed E-state index contributed by atoms with van der Waals surface area (Å²) in [5, 5.41) is 4.59. The van der Waals surface area contributed by atoms with Crippen molar-refractivity contribution in [1.82, 2.24) is 19.6 Å². The molecule has 0 saturated carbocycles. The molecule has 5 rings (SSSR count). The van der Waals surface area contributed by atoms with Crippen LogP contribution >= 0.6 is 0 Å². The number of amides is 2. The number of aryl methyl sites for hydroxylation is 1. The van der Waals surface area contributed by atoms with Crippen molar-refractivity contribution in [2.45, 2.75) is 19.4 Å².